The van der Waals surface area contributed by atoms with Crippen LogP contribution in [0.25, 0.3) is 0 Å². The zero-order valence-electron chi connectivity index (χ0n) is 15.9. The average Bonchev–Trinajstić information content (AvgIpc) is 2.65. The number of nitro groups is 1. The maximum Gasteiger partial charge on any atom is 0.327 e. The Hall–Kier alpha value is -2.85. The van der Waals surface area contributed by atoms with Crippen molar-refractivity contribution in [2.75, 3.05) is 18.0 Å². The smallest absolute Gasteiger partial charge is 0.327 e. The minimum absolute atomic E-state index is 0.0566. The van der Waals surface area contributed by atoms with Crippen LogP contribution in [0, 0.1) is 10.1 Å². The Labute approximate surface area is 173 Å². The molecular formula is C18H19ClN2O7S. The average molecular weight is 443 g/mol. The highest BCUT2D eigenvalue weighted by molar-refractivity contribution is 7.93. The van der Waals surface area contributed by atoms with E-state index in [2.05, 4.69) is 0 Å². The van der Waals surface area contributed by atoms with Crippen molar-refractivity contribution < 1.29 is 27.6 Å². The van der Waals surface area contributed by atoms with Gasteiger partial charge in [0.1, 0.15) is 12.3 Å². The van der Waals surface area contributed by atoms with Gasteiger partial charge in [-0.15, -0.1) is 0 Å². The Morgan fingerprint density at radius 1 is 1.24 bits per heavy atom. The van der Waals surface area contributed by atoms with Crippen LogP contribution in [0.15, 0.2) is 47.4 Å². The van der Waals surface area contributed by atoms with Gasteiger partial charge in [-0.05, 0) is 38.1 Å². The van der Waals surface area contributed by atoms with Crippen LogP contribution < -0.4 is 9.04 Å². The Kier molecular flexibility index (Phi) is 7.04. The molecule has 0 N–H and O–H groups in total. The van der Waals surface area contributed by atoms with Gasteiger partial charge in [0.25, 0.3) is 15.7 Å². The van der Waals surface area contributed by atoms with E-state index in [0.29, 0.717) is 4.31 Å². The molecule has 0 radical (unpaired) electrons. The van der Waals surface area contributed by atoms with Crippen molar-refractivity contribution in [1.29, 1.82) is 0 Å². The molecule has 156 valence electrons. The molecule has 0 spiro atoms. The van der Waals surface area contributed by atoms with Crippen molar-refractivity contribution in [2.45, 2.75) is 24.8 Å². The van der Waals surface area contributed by atoms with Crippen molar-refractivity contribution in [3.63, 3.8) is 0 Å². The maximum atomic E-state index is 13.4. The molecule has 0 fully saturated rings. The molecule has 2 aromatic carbocycles. The summed E-state index contributed by atoms with van der Waals surface area (Å²) in [7, 11) is -3.24. The van der Waals surface area contributed by atoms with Crippen molar-refractivity contribution in [2.24, 2.45) is 0 Å². The van der Waals surface area contributed by atoms with Crippen LogP contribution in [0.3, 0.4) is 0 Å². The lowest BCUT2D eigenvalue weighted by Crippen LogP contribution is -2.37. The Balaban J connectivity index is 2.69. The monoisotopic (exact) mass is 442 g/mol. The van der Waals surface area contributed by atoms with Crippen molar-refractivity contribution in [3.05, 3.63) is 57.6 Å². The first-order valence-electron chi connectivity index (χ1n) is 8.37. The molecular weight excluding hydrogens is 424 g/mol. The predicted octanol–water partition coefficient (Wildman–Crippen LogP) is 3.40. The topological polar surface area (TPSA) is 116 Å². The van der Waals surface area contributed by atoms with Crippen LogP contribution in [-0.2, 0) is 19.6 Å². The van der Waals surface area contributed by atoms with Gasteiger partial charge < -0.3 is 9.47 Å². The fourth-order valence-electron chi connectivity index (χ4n) is 2.52. The van der Waals surface area contributed by atoms with Crippen molar-refractivity contribution in [1.82, 2.24) is 0 Å². The van der Waals surface area contributed by atoms with Gasteiger partial charge in [-0.25, -0.2) is 8.42 Å². The zero-order valence-corrected chi connectivity index (χ0v) is 17.4. The molecule has 29 heavy (non-hydrogen) atoms. The normalized spacial score (nSPS) is 11.2. The molecule has 9 nitrogen and oxygen atoms in total. The number of halogens is 1. The first kappa shape index (κ1) is 22.4. The number of anilines is 1. The Bertz CT molecular complexity index is 1020. The molecule has 0 heterocycles. The quantitative estimate of drug-likeness (QED) is 0.349. The van der Waals surface area contributed by atoms with E-state index in [1.807, 2.05) is 0 Å². The number of carbonyl (C=O) groups excluding carboxylic acids is 1. The fraction of sp³-hybridized carbons (Fsp3) is 0.278. The Morgan fingerprint density at radius 3 is 2.48 bits per heavy atom. The number of carbonyl (C=O) groups is 1. The number of sulfonamides is 1. The summed E-state index contributed by atoms with van der Waals surface area (Å²) in [5.74, 6) is -0.738. The van der Waals surface area contributed by atoms with E-state index < -0.39 is 44.1 Å². The zero-order chi connectivity index (χ0) is 21.8. The third-order valence-corrected chi connectivity index (χ3v) is 5.72. The highest BCUT2D eigenvalue weighted by atomic mass is 35.5. The summed E-state index contributed by atoms with van der Waals surface area (Å²) in [5, 5.41) is 11.5. The summed E-state index contributed by atoms with van der Waals surface area (Å²) < 4.78 is 37.7. The van der Waals surface area contributed by atoms with Gasteiger partial charge in [-0.2, -0.15) is 0 Å². The molecule has 2 rings (SSSR count). The summed E-state index contributed by atoms with van der Waals surface area (Å²) in [6.45, 7) is 2.49. The molecule has 0 aromatic heterocycles. The van der Waals surface area contributed by atoms with Gasteiger partial charge in [-0.3, -0.25) is 19.2 Å². The van der Waals surface area contributed by atoms with Crippen LogP contribution in [-0.4, -0.2) is 39.1 Å². The first-order chi connectivity index (χ1) is 13.6. The number of para-hydroxylation sites is 1. The molecule has 0 atom stereocenters. The number of hydrogen-bond donors (Lipinski definition) is 0. The van der Waals surface area contributed by atoms with Crippen molar-refractivity contribution >= 4 is 39.0 Å². The minimum Gasteiger partial charge on any atom is -0.495 e. The number of benzene rings is 2. The van der Waals surface area contributed by atoms with Crippen LogP contribution in [0.1, 0.15) is 13.8 Å². The third kappa shape index (κ3) is 5.15. The maximum absolute atomic E-state index is 13.4. The number of esters is 1. The fourth-order valence-corrected chi connectivity index (χ4v) is 4.26. The second kappa shape index (κ2) is 9.10. The SMILES string of the molecule is COc1ccc(Cl)cc1N(CC(=O)OC(C)C)S(=O)(=O)c1ccccc1[N+](=O)[O-]. The van der Waals surface area contributed by atoms with E-state index in [1.165, 1.54) is 37.4 Å². The van der Waals surface area contributed by atoms with E-state index >= 15 is 0 Å². The molecule has 0 amide bonds. The van der Waals surface area contributed by atoms with Gasteiger partial charge in [-0.1, -0.05) is 23.7 Å². The van der Waals surface area contributed by atoms with Gasteiger partial charge in [0, 0.05) is 11.1 Å². The number of nitrogens with zero attached hydrogens (tertiary/aromatic N) is 2. The van der Waals surface area contributed by atoms with Crippen LogP contribution >= 0.6 is 11.6 Å². The third-order valence-electron chi connectivity index (χ3n) is 3.68. The molecule has 0 aliphatic rings. The van der Waals surface area contributed by atoms with Gasteiger partial charge in [0.15, 0.2) is 4.90 Å². The summed E-state index contributed by atoms with van der Waals surface area (Å²) in [6.07, 6.45) is -0.487. The van der Waals surface area contributed by atoms with Crippen molar-refractivity contribution in [3.8, 4) is 5.75 Å². The molecule has 11 heteroatoms. The molecule has 2 aromatic rings. The number of ether oxygens (including phenoxy) is 2. The molecule has 0 aliphatic carbocycles. The summed E-state index contributed by atoms with van der Waals surface area (Å²) >= 11 is 6.02. The Morgan fingerprint density at radius 2 is 1.90 bits per heavy atom. The van der Waals surface area contributed by atoms with E-state index in [1.54, 1.807) is 13.8 Å². The number of rotatable bonds is 8. The second-order valence-corrected chi connectivity index (χ2v) is 8.36. The molecule has 0 aliphatic heterocycles. The highest BCUT2D eigenvalue weighted by Crippen LogP contribution is 2.36. The standard InChI is InChI=1S/C18H19ClN2O7S/c1-12(2)28-18(22)11-20(15-10-13(19)8-9-16(15)27-3)29(25,26)17-7-5-4-6-14(17)21(23)24/h4-10,12H,11H2,1-3H3. The summed E-state index contributed by atoms with van der Waals surface area (Å²) in [5.41, 5.74) is -0.686. The predicted molar refractivity (Wildman–Crippen MR) is 107 cm³/mol. The van der Waals surface area contributed by atoms with Gasteiger partial charge in [0.2, 0.25) is 0 Å². The lowest BCUT2D eigenvalue weighted by molar-refractivity contribution is -0.387. The van der Waals surface area contributed by atoms with Crippen LogP contribution in [0.4, 0.5) is 11.4 Å². The summed E-state index contributed by atoms with van der Waals surface area (Å²) in [6, 6.07) is 9.03. The number of methoxy groups -OCH3 is 1. The second-order valence-electron chi connectivity index (χ2n) is 6.09. The lowest BCUT2D eigenvalue weighted by Gasteiger charge is -2.25. The molecule has 0 saturated carbocycles. The van der Waals surface area contributed by atoms with E-state index in [0.717, 1.165) is 12.1 Å². The minimum atomic E-state index is -4.56. The highest BCUT2D eigenvalue weighted by Gasteiger charge is 2.35. The molecule has 0 unspecified atom stereocenters. The van der Waals surface area contributed by atoms with E-state index in [-0.39, 0.29) is 16.5 Å². The van der Waals surface area contributed by atoms with Crippen LogP contribution in [0.2, 0.25) is 5.02 Å². The number of hydrogen-bond acceptors (Lipinski definition) is 7. The largest absolute Gasteiger partial charge is 0.495 e. The van der Waals surface area contributed by atoms with E-state index in [4.69, 9.17) is 21.1 Å². The number of nitro benzene ring substituents is 1. The van der Waals surface area contributed by atoms with Gasteiger partial charge >= 0.3 is 5.97 Å². The van der Waals surface area contributed by atoms with Gasteiger partial charge in [0.05, 0.1) is 23.8 Å². The van der Waals surface area contributed by atoms with Crippen LogP contribution in [0.5, 0.6) is 5.75 Å². The van der Waals surface area contributed by atoms with E-state index in [9.17, 15) is 23.3 Å². The lowest BCUT2D eigenvalue weighted by atomic mass is 10.3. The summed E-state index contributed by atoms with van der Waals surface area (Å²) in [4.78, 5) is 22.2. The molecule has 0 saturated heterocycles. The molecule has 0 bridgehead atoms. The first-order valence-corrected chi connectivity index (χ1v) is 10.2.